The lowest BCUT2D eigenvalue weighted by molar-refractivity contribution is 0.154. The van der Waals surface area contributed by atoms with Crippen molar-refractivity contribution in [3.63, 3.8) is 0 Å². The molecule has 1 atom stereocenters. The van der Waals surface area contributed by atoms with Gasteiger partial charge in [0, 0.05) is 37.8 Å². The van der Waals surface area contributed by atoms with Crippen molar-refractivity contribution in [3.05, 3.63) is 34.1 Å². The highest BCUT2D eigenvalue weighted by molar-refractivity contribution is 6.32. The summed E-state index contributed by atoms with van der Waals surface area (Å²) in [6, 6.07) is 2.80. The van der Waals surface area contributed by atoms with E-state index in [2.05, 4.69) is 10.2 Å². The fraction of sp³-hybridized carbons (Fsp3) is 0.571. The van der Waals surface area contributed by atoms with Crippen molar-refractivity contribution in [2.24, 2.45) is 0 Å². The van der Waals surface area contributed by atoms with E-state index >= 15 is 0 Å². The minimum Gasteiger partial charge on any atom is -0.314 e. The second-order valence-electron chi connectivity index (χ2n) is 4.87. The van der Waals surface area contributed by atoms with Crippen LogP contribution < -0.4 is 5.32 Å². The van der Waals surface area contributed by atoms with Gasteiger partial charge in [0.15, 0.2) is 0 Å². The van der Waals surface area contributed by atoms with Gasteiger partial charge in [0.25, 0.3) is 0 Å². The molecule has 0 aromatic heterocycles. The van der Waals surface area contributed by atoms with Gasteiger partial charge in [-0.1, -0.05) is 17.7 Å². The van der Waals surface area contributed by atoms with Crippen LogP contribution in [0.15, 0.2) is 12.1 Å². The molecular formula is C14H20Cl2F2N2. The van der Waals surface area contributed by atoms with Crippen molar-refractivity contribution < 1.29 is 8.78 Å². The average molecular weight is 325 g/mol. The molecule has 20 heavy (non-hydrogen) atoms. The largest absolute Gasteiger partial charge is 0.314 e. The molecule has 1 fully saturated rings. The first-order chi connectivity index (χ1) is 9.15. The van der Waals surface area contributed by atoms with Gasteiger partial charge >= 0.3 is 0 Å². The SMILES string of the molecule is Cc1ccc(F)c([C@H](CCF)N2CCNCC2)c1Cl.Cl. The molecule has 2 rings (SSSR count). The zero-order valence-electron chi connectivity index (χ0n) is 11.5. The van der Waals surface area contributed by atoms with Crippen molar-refractivity contribution in [2.45, 2.75) is 19.4 Å². The molecule has 0 spiro atoms. The molecule has 0 unspecified atom stereocenters. The van der Waals surface area contributed by atoms with Crippen molar-refractivity contribution in [1.29, 1.82) is 0 Å². The summed E-state index contributed by atoms with van der Waals surface area (Å²) in [7, 11) is 0. The summed E-state index contributed by atoms with van der Waals surface area (Å²) in [5.74, 6) is -0.340. The van der Waals surface area contributed by atoms with E-state index in [0.29, 0.717) is 10.6 Å². The average Bonchev–Trinajstić information content (AvgIpc) is 2.43. The zero-order chi connectivity index (χ0) is 13.8. The van der Waals surface area contributed by atoms with Gasteiger partial charge in [0.1, 0.15) is 5.82 Å². The Morgan fingerprint density at radius 2 is 2.00 bits per heavy atom. The Balaban J connectivity index is 0.00000200. The number of nitrogens with zero attached hydrogens (tertiary/aromatic N) is 1. The highest BCUT2D eigenvalue weighted by atomic mass is 35.5. The highest BCUT2D eigenvalue weighted by Crippen LogP contribution is 2.34. The second-order valence-corrected chi connectivity index (χ2v) is 5.25. The lowest BCUT2D eigenvalue weighted by Crippen LogP contribution is -2.45. The molecule has 0 amide bonds. The van der Waals surface area contributed by atoms with Crippen LogP contribution in [0.3, 0.4) is 0 Å². The molecule has 2 nitrogen and oxygen atoms in total. The summed E-state index contributed by atoms with van der Waals surface area (Å²) in [6.45, 7) is 4.62. The van der Waals surface area contributed by atoms with E-state index in [0.717, 1.165) is 31.7 Å². The predicted molar refractivity (Wildman–Crippen MR) is 81.2 cm³/mol. The lowest BCUT2D eigenvalue weighted by atomic mass is 9.99. The third-order valence-corrected chi connectivity index (χ3v) is 4.13. The normalized spacial score (nSPS) is 17.6. The maximum atomic E-state index is 14.1. The topological polar surface area (TPSA) is 15.3 Å². The molecule has 1 aliphatic heterocycles. The van der Waals surface area contributed by atoms with Crippen molar-refractivity contribution in [2.75, 3.05) is 32.9 Å². The van der Waals surface area contributed by atoms with Crippen molar-refractivity contribution >= 4 is 24.0 Å². The number of piperazine rings is 1. The number of alkyl halides is 1. The Bertz CT molecular complexity index is 437. The minimum atomic E-state index is -0.474. The van der Waals surface area contributed by atoms with Gasteiger partial charge < -0.3 is 5.32 Å². The lowest BCUT2D eigenvalue weighted by Gasteiger charge is -2.35. The van der Waals surface area contributed by atoms with Crippen molar-refractivity contribution in [1.82, 2.24) is 10.2 Å². The molecule has 6 heteroatoms. The zero-order valence-corrected chi connectivity index (χ0v) is 13.0. The van der Waals surface area contributed by atoms with Gasteiger partial charge in [0.05, 0.1) is 11.7 Å². The molecule has 0 bridgehead atoms. The number of benzene rings is 1. The van der Waals surface area contributed by atoms with Crippen LogP contribution >= 0.6 is 24.0 Å². The molecule has 1 aromatic rings. The van der Waals surface area contributed by atoms with Crippen LogP contribution in [0, 0.1) is 12.7 Å². The molecule has 1 aliphatic rings. The summed E-state index contributed by atoms with van der Waals surface area (Å²) >= 11 is 6.24. The van der Waals surface area contributed by atoms with Crippen molar-refractivity contribution in [3.8, 4) is 0 Å². The van der Waals surface area contributed by atoms with Crippen LogP contribution in [-0.4, -0.2) is 37.8 Å². The molecule has 1 saturated heterocycles. The van der Waals surface area contributed by atoms with E-state index in [1.807, 2.05) is 6.92 Å². The molecule has 0 saturated carbocycles. The quantitative estimate of drug-likeness (QED) is 0.911. The Morgan fingerprint density at radius 1 is 1.35 bits per heavy atom. The van der Waals surface area contributed by atoms with E-state index < -0.39 is 6.67 Å². The standard InChI is InChI=1S/C14H19ClF2N2.ClH/c1-10-2-3-11(17)13(14(10)15)12(4-5-16)19-8-6-18-7-9-19;/h2-3,12,18H,4-9H2,1H3;1H/t12-;/m0./s1. The van der Waals surface area contributed by atoms with E-state index in [4.69, 9.17) is 11.6 Å². The van der Waals surface area contributed by atoms with Gasteiger partial charge in [-0.3, -0.25) is 9.29 Å². The summed E-state index contributed by atoms with van der Waals surface area (Å²) in [5, 5.41) is 3.67. The van der Waals surface area contributed by atoms with E-state index in [1.165, 1.54) is 6.07 Å². The summed E-state index contributed by atoms with van der Waals surface area (Å²) in [6.07, 6.45) is 0.278. The summed E-state index contributed by atoms with van der Waals surface area (Å²) in [4.78, 5) is 2.11. The van der Waals surface area contributed by atoms with E-state index in [-0.39, 0.29) is 30.7 Å². The van der Waals surface area contributed by atoms with Crippen LogP contribution in [-0.2, 0) is 0 Å². The molecular weight excluding hydrogens is 305 g/mol. The molecule has 0 aliphatic carbocycles. The Labute approximate surface area is 129 Å². The van der Waals surface area contributed by atoms with Crippen LogP contribution in [0.5, 0.6) is 0 Å². The second kappa shape index (κ2) is 8.13. The van der Waals surface area contributed by atoms with Crippen LogP contribution in [0.4, 0.5) is 8.78 Å². The highest BCUT2D eigenvalue weighted by Gasteiger charge is 2.27. The molecule has 114 valence electrons. The van der Waals surface area contributed by atoms with Gasteiger partial charge in [-0.15, -0.1) is 12.4 Å². The monoisotopic (exact) mass is 324 g/mol. The van der Waals surface area contributed by atoms with Gasteiger partial charge in [-0.25, -0.2) is 4.39 Å². The van der Waals surface area contributed by atoms with Gasteiger partial charge in [-0.2, -0.15) is 0 Å². The molecule has 1 aromatic carbocycles. The number of aryl methyl sites for hydroxylation is 1. The summed E-state index contributed by atoms with van der Waals surface area (Å²) in [5.41, 5.74) is 1.28. The number of rotatable bonds is 4. The van der Waals surface area contributed by atoms with E-state index in [9.17, 15) is 8.78 Å². The minimum absolute atomic E-state index is 0. The van der Waals surface area contributed by atoms with E-state index in [1.54, 1.807) is 6.07 Å². The predicted octanol–water partition coefficient (Wildman–Crippen LogP) is 3.52. The Hall–Kier alpha value is -0.420. The fourth-order valence-corrected chi connectivity index (χ4v) is 2.87. The number of nitrogens with one attached hydrogen (secondary N) is 1. The Kier molecular flexibility index (Phi) is 7.17. The molecule has 1 N–H and O–H groups in total. The fourth-order valence-electron chi connectivity index (χ4n) is 2.59. The first-order valence-corrected chi connectivity index (χ1v) is 6.98. The third-order valence-electron chi connectivity index (χ3n) is 3.63. The number of hydrogen-bond donors (Lipinski definition) is 1. The summed E-state index contributed by atoms with van der Waals surface area (Å²) < 4.78 is 26.9. The smallest absolute Gasteiger partial charge is 0.129 e. The Morgan fingerprint density at radius 3 is 2.60 bits per heavy atom. The molecule has 0 radical (unpaired) electrons. The first kappa shape index (κ1) is 17.6. The molecule has 1 heterocycles. The number of halogens is 4. The van der Waals surface area contributed by atoms with Gasteiger partial charge in [0.2, 0.25) is 0 Å². The van der Waals surface area contributed by atoms with Crippen LogP contribution in [0.2, 0.25) is 5.02 Å². The first-order valence-electron chi connectivity index (χ1n) is 6.60. The third kappa shape index (κ3) is 3.82. The maximum absolute atomic E-state index is 14.1. The van der Waals surface area contributed by atoms with Crippen LogP contribution in [0.1, 0.15) is 23.6 Å². The van der Waals surface area contributed by atoms with Crippen LogP contribution in [0.25, 0.3) is 0 Å². The number of hydrogen-bond acceptors (Lipinski definition) is 2. The maximum Gasteiger partial charge on any atom is 0.129 e. The van der Waals surface area contributed by atoms with Gasteiger partial charge in [-0.05, 0) is 25.0 Å².